The van der Waals surface area contributed by atoms with E-state index in [4.69, 9.17) is 21.1 Å². The van der Waals surface area contributed by atoms with Gasteiger partial charge in [0.15, 0.2) is 6.61 Å². The molecule has 0 saturated heterocycles. The summed E-state index contributed by atoms with van der Waals surface area (Å²) in [5, 5.41) is 14.5. The molecule has 0 bridgehead atoms. The fourth-order valence-corrected chi connectivity index (χ4v) is 3.89. The zero-order valence-corrected chi connectivity index (χ0v) is 21.3. The second kappa shape index (κ2) is 13.3. The molecule has 9 nitrogen and oxygen atoms in total. The number of likely N-dealkylation sites (N-methyl/N-ethyl adjacent to an activating group) is 1. The topological polar surface area (TPSA) is 111 Å². The maximum absolute atomic E-state index is 13.5. The quantitative estimate of drug-likeness (QED) is 0.277. The minimum Gasteiger partial charge on any atom is -0.490 e. The van der Waals surface area contributed by atoms with Crippen molar-refractivity contribution in [3.05, 3.63) is 99.1 Å². The summed E-state index contributed by atoms with van der Waals surface area (Å²) in [5.41, 5.74) is 1.47. The van der Waals surface area contributed by atoms with Crippen molar-refractivity contribution >= 4 is 29.1 Å². The van der Waals surface area contributed by atoms with Crippen molar-refractivity contribution in [1.82, 2.24) is 10.2 Å². The lowest BCUT2D eigenvalue weighted by Gasteiger charge is -2.31. The summed E-state index contributed by atoms with van der Waals surface area (Å²) < 4.78 is 10.7. The summed E-state index contributed by atoms with van der Waals surface area (Å²) in [6.45, 7) is 1.98. The van der Waals surface area contributed by atoms with Crippen molar-refractivity contribution < 1.29 is 24.0 Å². The molecule has 0 fully saturated rings. The number of ether oxygens (including phenoxy) is 2. The summed E-state index contributed by atoms with van der Waals surface area (Å²) in [7, 11) is 1.31. The SMILES string of the molecule is CCNC(=O)[C@@H](Cc1ccccc1)N(Cc1ccc(Cl)cc1)C(=O)COc1ccc([N+](=O)[O-])c(OC)c1. The maximum Gasteiger partial charge on any atom is 0.311 e. The van der Waals surface area contributed by atoms with Gasteiger partial charge in [-0.05, 0) is 36.2 Å². The molecule has 0 aliphatic rings. The van der Waals surface area contributed by atoms with E-state index in [9.17, 15) is 19.7 Å². The Morgan fingerprint density at radius 3 is 2.38 bits per heavy atom. The minimum absolute atomic E-state index is 0.0113. The summed E-state index contributed by atoms with van der Waals surface area (Å²) >= 11 is 6.03. The van der Waals surface area contributed by atoms with Crippen molar-refractivity contribution in [2.45, 2.75) is 25.9 Å². The average Bonchev–Trinajstić information content (AvgIpc) is 2.90. The number of nitrogens with one attached hydrogen (secondary N) is 1. The van der Waals surface area contributed by atoms with Gasteiger partial charge in [0.05, 0.1) is 12.0 Å². The van der Waals surface area contributed by atoms with Crippen molar-refractivity contribution in [3.8, 4) is 11.5 Å². The molecule has 3 rings (SSSR count). The lowest BCUT2D eigenvalue weighted by Crippen LogP contribution is -2.51. The Bertz CT molecular complexity index is 1220. The van der Waals surface area contributed by atoms with E-state index in [1.807, 2.05) is 37.3 Å². The number of halogens is 1. The molecule has 0 heterocycles. The zero-order valence-electron chi connectivity index (χ0n) is 20.6. The third kappa shape index (κ3) is 7.68. The van der Waals surface area contributed by atoms with Crippen LogP contribution in [-0.4, -0.2) is 47.9 Å². The molecule has 0 radical (unpaired) electrons. The number of benzene rings is 3. The van der Waals surface area contributed by atoms with E-state index in [1.54, 1.807) is 24.3 Å². The van der Waals surface area contributed by atoms with Gasteiger partial charge in [0.1, 0.15) is 11.8 Å². The Labute approximate surface area is 220 Å². The first-order valence-corrected chi connectivity index (χ1v) is 12.0. The van der Waals surface area contributed by atoms with E-state index >= 15 is 0 Å². The molecule has 0 aromatic heterocycles. The van der Waals surface area contributed by atoms with Gasteiger partial charge in [-0.3, -0.25) is 19.7 Å². The molecule has 1 atom stereocenters. The van der Waals surface area contributed by atoms with Crippen molar-refractivity contribution in [1.29, 1.82) is 0 Å². The molecule has 0 unspecified atom stereocenters. The van der Waals surface area contributed by atoms with Gasteiger partial charge in [-0.25, -0.2) is 0 Å². The van der Waals surface area contributed by atoms with Crippen LogP contribution in [0.2, 0.25) is 5.02 Å². The van der Waals surface area contributed by atoms with Gasteiger partial charge in [0.2, 0.25) is 11.7 Å². The van der Waals surface area contributed by atoms with Gasteiger partial charge >= 0.3 is 5.69 Å². The molecule has 10 heteroatoms. The highest BCUT2D eigenvalue weighted by Gasteiger charge is 2.30. The minimum atomic E-state index is -0.805. The van der Waals surface area contributed by atoms with E-state index in [1.165, 1.54) is 30.2 Å². The Morgan fingerprint density at radius 1 is 1.05 bits per heavy atom. The highest BCUT2D eigenvalue weighted by Crippen LogP contribution is 2.30. The molecule has 0 saturated carbocycles. The molecule has 3 aromatic rings. The third-order valence-corrected chi connectivity index (χ3v) is 5.85. The number of nitro benzene ring substituents is 1. The number of rotatable bonds is 12. The largest absolute Gasteiger partial charge is 0.490 e. The van der Waals surface area contributed by atoms with E-state index in [-0.39, 0.29) is 36.2 Å². The van der Waals surface area contributed by atoms with Crippen LogP contribution in [0.4, 0.5) is 5.69 Å². The fraction of sp³-hybridized carbons (Fsp3) is 0.259. The predicted molar refractivity (Wildman–Crippen MR) is 140 cm³/mol. The van der Waals surface area contributed by atoms with E-state index in [0.29, 0.717) is 18.0 Å². The van der Waals surface area contributed by atoms with Crippen molar-refractivity contribution in [3.63, 3.8) is 0 Å². The highest BCUT2D eigenvalue weighted by atomic mass is 35.5. The van der Waals surface area contributed by atoms with Crippen LogP contribution in [0.3, 0.4) is 0 Å². The van der Waals surface area contributed by atoms with Crippen LogP contribution in [0, 0.1) is 10.1 Å². The second-order valence-corrected chi connectivity index (χ2v) is 8.56. The van der Waals surface area contributed by atoms with E-state index in [2.05, 4.69) is 5.32 Å². The molecule has 3 aromatic carbocycles. The van der Waals surface area contributed by atoms with Gasteiger partial charge < -0.3 is 19.7 Å². The molecule has 0 aliphatic carbocycles. The lowest BCUT2D eigenvalue weighted by molar-refractivity contribution is -0.385. The van der Waals surface area contributed by atoms with Gasteiger partial charge in [-0.1, -0.05) is 54.1 Å². The Hall–Kier alpha value is -4.11. The fourth-order valence-electron chi connectivity index (χ4n) is 3.76. The number of carbonyl (C=O) groups is 2. The second-order valence-electron chi connectivity index (χ2n) is 8.13. The molecule has 1 N–H and O–H groups in total. The highest BCUT2D eigenvalue weighted by molar-refractivity contribution is 6.30. The van der Waals surface area contributed by atoms with Gasteiger partial charge in [-0.15, -0.1) is 0 Å². The van der Waals surface area contributed by atoms with Crippen LogP contribution in [0.5, 0.6) is 11.5 Å². The number of amides is 2. The number of carbonyl (C=O) groups excluding carboxylic acids is 2. The number of hydrogen-bond acceptors (Lipinski definition) is 6. The van der Waals surface area contributed by atoms with Crippen LogP contribution in [0.15, 0.2) is 72.8 Å². The third-order valence-electron chi connectivity index (χ3n) is 5.60. The van der Waals surface area contributed by atoms with Crippen LogP contribution < -0.4 is 14.8 Å². The van der Waals surface area contributed by atoms with Crippen LogP contribution in [0.25, 0.3) is 0 Å². The molecular weight excluding hydrogens is 498 g/mol. The van der Waals surface area contributed by atoms with E-state index < -0.39 is 16.9 Å². The summed E-state index contributed by atoms with van der Waals surface area (Å²) in [4.78, 5) is 38.7. The smallest absolute Gasteiger partial charge is 0.311 e. The first-order chi connectivity index (χ1) is 17.8. The average molecular weight is 526 g/mol. The van der Waals surface area contributed by atoms with Gasteiger partial charge in [0.25, 0.3) is 5.91 Å². The van der Waals surface area contributed by atoms with Gasteiger partial charge in [0, 0.05) is 36.7 Å². The molecule has 37 heavy (non-hydrogen) atoms. The first kappa shape index (κ1) is 27.5. The van der Waals surface area contributed by atoms with Crippen LogP contribution >= 0.6 is 11.6 Å². The molecule has 2 amide bonds. The molecule has 194 valence electrons. The predicted octanol–water partition coefficient (Wildman–Crippen LogP) is 4.41. The molecule has 0 spiro atoms. The van der Waals surface area contributed by atoms with Crippen LogP contribution in [0.1, 0.15) is 18.1 Å². The summed E-state index contributed by atoms with van der Waals surface area (Å²) in [6.07, 6.45) is 0.303. The normalized spacial score (nSPS) is 11.3. The van der Waals surface area contributed by atoms with E-state index in [0.717, 1.165) is 11.1 Å². The number of nitro groups is 1. The monoisotopic (exact) mass is 525 g/mol. The Kier molecular flexibility index (Phi) is 9.85. The van der Waals surface area contributed by atoms with Crippen LogP contribution in [-0.2, 0) is 22.6 Å². The Balaban J connectivity index is 1.88. The van der Waals surface area contributed by atoms with Crippen molar-refractivity contribution in [2.24, 2.45) is 0 Å². The van der Waals surface area contributed by atoms with Gasteiger partial charge in [-0.2, -0.15) is 0 Å². The summed E-state index contributed by atoms with van der Waals surface area (Å²) in [6, 6.07) is 19.6. The number of hydrogen-bond donors (Lipinski definition) is 1. The zero-order chi connectivity index (χ0) is 26.8. The first-order valence-electron chi connectivity index (χ1n) is 11.6. The number of nitrogens with zero attached hydrogens (tertiary/aromatic N) is 2. The number of methoxy groups -OCH3 is 1. The van der Waals surface area contributed by atoms with Crippen molar-refractivity contribution in [2.75, 3.05) is 20.3 Å². The lowest BCUT2D eigenvalue weighted by atomic mass is 10.0. The standard InChI is InChI=1S/C27H28ClN3O6/c1-3-29-27(33)24(15-19-7-5-4-6-8-19)30(17-20-9-11-21(28)12-10-20)26(32)18-37-22-13-14-23(31(34)35)25(16-22)36-2/h4-14,16,24H,3,15,17-18H2,1-2H3,(H,29,33)/t24-/m1/s1. The molecular formula is C27H28ClN3O6. The maximum atomic E-state index is 13.5. The summed E-state index contributed by atoms with van der Waals surface area (Å²) in [5.74, 6) is -0.484. The Morgan fingerprint density at radius 2 is 1.76 bits per heavy atom. The molecule has 0 aliphatic heterocycles.